The smallest absolute Gasteiger partial charge is 0.273 e. The minimum atomic E-state index is -0.440. The van der Waals surface area contributed by atoms with Crippen LogP contribution in [0.3, 0.4) is 0 Å². The molecule has 1 saturated carbocycles. The van der Waals surface area contributed by atoms with Crippen molar-refractivity contribution in [2.45, 2.75) is 31.2 Å². The Bertz CT molecular complexity index is 458. The third-order valence-electron chi connectivity index (χ3n) is 3.76. The summed E-state index contributed by atoms with van der Waals surface area (Å²) in [6.45, 7) is 1.18. The molecule has 0 amide bonds. The number of nitrogens with one attached hydrogen (secondary N) is 1. The van der Waals surface area contributed by atoms with Crippen molar-refractivity contribution in [3.8, 4) is 5.75 Å². The minimum Gasteiger partial charge on any atom is -0.492 e. The molecule has 6 heteroatoms. The van der Waals surface area contributed by atoms with E-state index in [1.165, 1.54) is 12.1 Å². The van der Waals surface area contributed by atoms with Gasteiger partial charge in [-0.25, -0.2) is 0 Å². The first kappa shape index (κ1) is 14.7. The van der Waals surface area contributed by atoms with E-state index in [-0.39, 0.29) is 17.8 Å². The lowest BCUT2D eigenvalue weighted by Gasteiger charge is -2.28. The third kappa shape index (κ3) is 3.68. The van der Waals surface area contributed by atoms with E-state index in [4.69, 9.17) is 4.74 Å². The number of aliphatic hydroxyl groups excluding tert-OH is 1. The number of benzene rings is 1. The van der Waals surface area contributed by atoms with Gasteiger partial charge in [-0.05, 0) is 18.9 Å². The van der Waals surface area contributed by atoms with Gasteiger partial charge >= 0.3 is 0 Å². The topological polar surface area (TPSA) is 84.6 Å². The van der Waals surface area contributed by atoms with Crippen LogP contribution in [0.4, 0.5) is 5.69 Å². The zero-order valence-electron chi connectivity index (χ0n) is 11.4. The summed E-state index contributed by atoms with van der Waals surface area (Å²) in [5.41, 5.74) is -0.135. The molecule has 0 bridgehead atoms. The van der Waals surface area contributed by atoms with Gasteiger partial charge in [0, 0.05) is 18.2 Å². The van der Waals surface area contributed by atoms with Crippen LogP contribution in [0.1, 0.15) is 25.7 Å². The quantitative estimate of drug-likeness (QED) is 0.452. The zero-order chi connectivity index (χ0) is 14.4. The highest BCUT2D eigenvalue weighted by Gasteiger charge is 2.32. The molecule has 0 atom stereocenters. The summed E-state index contributed by atoms with van der Waals surface area (Å²) in [5.74, 6) is 0.491. The molecule has 6 nitrogen and oxygen atoms in total. The average Bonchev–Trinajstić information content (AvgIpc) is 2.93. The average molecular weight is 280 g/mol. The summed E-state index contributed by atoms with van der Waals surface area (Å²) in [6, 6.07) is 6.15. The maximum absolute atomic E-state index is 10.6. The lowest BCUT2D eigenvalue weighted by molar-refractivity contribution is -0.384. The number of rotatable bonds is 7. The fourth-order valence-electron chi connectivity index (χ4n) is 2.61. The highest BCUT2D eigenvalue weighted by Crippen LogP contribution is 2.28. The molecule has 110 valence electrons. The van der Waals surface area contributed by atoms with E-state index in [1.54, 1.807) is 12.1 Å². The van der Waals surface area contributed by atoms with Gasteiger partial charge in [-0.2, -0.15) is 0 Å². The Morgan fingerprint density at radius 2 is 2.15 bits per heavy atom. The van der Waals surface area contributed by atoms with Crippen LogP contribution in [0.25, 0.3) is 0 Å². The number of nitro benzene ring substituents is 1. The van der Waals surface area contributed by atoms with Crippen molar-refractivity contribution in [2.24, 2.45) is 0 Å². The van der Waals surface area contributed by atoms with Gasteiger partial charge in [0.15, 0.2) is 0 Å². The van der Waals surface area contributed by atoms with E-state index in [2.05, 4.69) is 5.32 Å². The highest BCUT2D eigenvalue weighted by molar-refractivity contribution is 5.37. The van der Waals surface area contributed by atoms with Crippen molar-refractivity contribution in [1.29, 1.82) is 0 Å². The van der Waals surface area contributed by atoms with Gasteiger partial charge in [-0.3, -0.25) is 10.1 Å². The zero-order valence-corrected chi connectivity index (χ0v) is 11.4. The fraction of sp³-hybridized carbons (Fsp3) is 0.571. The number of non-ortho nitro benzene ring substituents is 1. The Morgan fingerprint density at radius 3 is 2.80 bits per heavy atom. The highest BCUT2D eigenvalue weighted by atomic mass is 16.6. The second kappa shape index (κ2) is 6.67. The molecule has 20 heavy (non-hydrogen) atoms. The third-order valence-corrected chi connectivity index (χ3v) is 3.76. The minimum absolute atomic E-state index is 0.0260. The van der Waals surface area contributed by atoms with Crippen molar-refractivity contribution in [2.75, 3.05) is 19.8 Å². The summed E-state index contributed by atoms with van der Waals surface area (Å²) in [7, 11) is 0. The van der Waals surface area contributed by atoms with Crippen LogP contribution >= 0.6 is 0 Å². The standard InChI is InChI=1S/C14H20N2O4/c17-11-14(6-1-2-7-14)15-8-9-20-13-5-3-4-12(10-13)16(18)19/h3-5,10,15,17H,1-2,6-9,11H2. The number of nitrogens with zero attached hydrogens (tertiary/aromatic N) is 1. The second-order valence-electron chi connectivity index (χ2n) is 5.18. The Balaban J connectivity index is 1.78. The van der Waals surface area contributed by atoms with E-state index in [0.717, 1.165) is 25.7 Å². The molecular formula is C14H20N2O4. The molecule has 0 aliphatic heterocycles. The van der Waals surface area contributed by atoms with E-state index >= 15 is 0 Å². The van der Waals surface area contributed by atoms with E-state index < -0.39 is 4.92 Å². The van der Waals surface area contributed by atoms with Crippen LogP contribution in [-0.4, -0.2) is 35.3 Å². The second-order valence-corrected chi connectivity index (χ2v) is 5.18. The molecule has 0 spiro atoms. The van der Waals surface area contributed by atoms with Gasteiger partial charge in [0.2, 0.25) is 0 Å². The number of hydrogen-bond acceptors (Lipinski definition) is 5. The first-order chi connectivity index (χ1) is 9.65. The van der Waals surface area contributed by atoms with Crippen LogP contribution in [0.2, 0.25) is 0 Å². The summed E-state index contributed by atoms with van der Waals surface area (Å²) in [6.07, 6.45) is 4.25. The van der Waals surface area contributed by atoms with Gasteiger partial charge in [0.05, 0.1) is 17.6 Å². The Hall–Kier alpha value is -1.66. The predicted octanol–water partition coefficient (Wildman–Crippen LogP) is 1.87. The van der Waals surface area contributed by atoms with Crippen LogP contribution in [0, 0.1) is 10.1 Å². The summed E-state index contributed by atoms with van der Waals surface area (Å²) in [4.78, 5) is 10.2. The molecule has 0 radical (unpaired) electrons. The Kier molecular flexibility index (Phi) is 4.92. The molecule has 1 aliphatic rings. The van der Waals surface area contributed by atoms with Crippen LogP contribution < -0.4 is 10.1 Å². The molecule has 0 unspecified atom stereocenters. The van der Waals surface area contributed by atoms with Crippen molar-refractivity contribution in [3.05, 3.63) is 34.4 Å². The monoisotopic (exact) mass is 280 g/mol. The molecule has 2 N–H and O–H groups in total. The number of hydrogen-bond donors (Lipinski definition) is 2. The lowest BCUT2D eigenvalue weighted by atomic mass is 9.99. The van der Waals surface area contributed by atoms with E-state index in [9.17, 15) is 15.2 Å². The Morgan fingerprint density at radius 1 is 1.40 bits per heavy atom. The van der Waals surface area contributed by atoms with Gasteiger partial charge in [0.25, 0.3) is 5.69 Å². The van der Waals surface area contributed by atoms with Crippen molar-refractivity contribution in [3.63, 3.8) is 0 Å². The normalized spacial score (nSPS) is 17.1. The van der Waals surface area contributed by atoms with Crippen molar-refractivity contribution < 1.29 is 14.8 Å². The summed E-state index contributed by atoms with van der Waals surface area (Å²) in [5, 5.41) is 23.4. The summed E-state index contributed by atoms with van der Waals surface area (Å²) >= 11 is 0. The number of ether oxygens (including phenoxy) is 1. The van der Waals surface area contributed by atoms with Gasteiger partial charge in [0.1, 0.15) is 12.4 Å². The van der Waals surface area contributed by atoms with Crippen LogP contribution in [0.15, 0.2) is 24.3 Å². The molecule has 0 heterocycles. The van der Waals surface area contributed by atoms with Crippen LogP contribution in [-0.2, 0) is 0 Å². The molecule has 1 aromatic carbocycles. The number of aliphatic hydroxyl groups is 1. The largest absolute Gasteiger partial charge is 0.492 e. The van der Waals surface area contributed by atoms with Crippen LogP contribution in [0.5, 0.6) is 5.75 Å². The van der Waals surface area contributed by atoms with Gasteiger partial charge in [-0.1, -0.05) is 18.9 Å². The molecule has 0 aromatic heterocycles. The van der Waals surface area contributed by atoms with Gasteiger partial charge < -0.3 is 15.2 Å². The molecule has 1 aromatic rings. The maximum atomic E-state index is 10.6. The first-order valence-electron chi connectivity index (χ1n) is 6.88. The lowest BCUT2D eigenvalue weighted by Crippen LogP contribution is -2.47. The molecule has 2 rings (SSSR count). The van der Waals surface area contributed by atoms with E-state index in [0.29, 0.717) is 18.9 Å². The molecule has 1 fully saturated rings. The predicted molar refractivity (Wildman–Crippen MR) is 74.9 cm³/mol. The van der Waals surface area contributed by atoms with Crippen molar-refractivity contribution >= 4 is 5.69 Å². The Labute approximate surface area is 117 Å². The maximum Gasteiger partial charge on any atom is 0.273 e. The van der Waals surface area contributed by atoms with Crippen molar-refractivity contribution in [1.82, 2.24) is 5.32 Å². The van der Waals surface area contributed by atoms with E-state index in [1.807, 2.05) is 0 Å². The molecular weight excluding hydrogens is 260 g/mol. The fourth-order valence-corrected chi connectivity index (χ4v) is 2.61. The van der Waals surface area contributed by atoms with Gasteiger partial charge in [-0.15, -0.1) is 0 Å². The molecule has 0 saturated heterocycles. The molecule has 1 aliphatic carbocycles. The SMILES string of the molecule is O=[N+]([O-])c1cccc(OCCNC2(CO)CCCC2)c1. The summed E-state index contributed by atoms with van der Waals surface area (Å²) < 4.78 is 5.50. The number of nitro groups is 1. The first-order valence-corrected chi connectivity index (χ1v) is 6.88.